The van der Waals surface area contributed by atoms with E-state index in [1.54, 1.807) is 0 Å². The maximum absolute atomic E-state index is 11.0. The monoisotopic (exact) mass is 223 g/mol. The molecule has 0 unspecified atom stereocenters. The molecule has 13 heavy (non-hydrogen) atoms. The first-order chi connectivity index (χ1) is 5.92. The Hall–Kier alpha value is -1.35. The van der Waals surface area contributed by atoms with E-state index in [0.717, 1.165) is 6.20 Å². The second-order valence-electron chi connectivity index (χ2n) is 1.87. The molecule has 72 valence electrons. The summed E-state index contributed by atoms with van der Waals surface area (Å²) in [4.78, 5) is 13.6. The maximum atomic E-state index is 11.0. The number of hydrogen-bond acceptors (Lipinski definition) is 7. The molecular formula is C4H5N3O4S2. The highest BCUT2D eigenvalue weighted by molar-refractivity contribution is 7.89. The summed E-state index contributed by atoms with van der Waals surface area (Å²) in [7, 11) is -4.14. The van der Waals surface area contributed by atoms with Crippen molar-refractivity contribution in [3.8, 4) is 0 Å². The molecule has 1 aromatic rings. The van der Waals surface area contributed by atoms with Crippen LogP contribution < -0.4 is 11.5 Å². The molecule has 7 nitrogen and oxygen atoms in total. The van der Waals surface area contributed by atoms with Crippen molar-refractivity contribution >= 4 is 32.7 Å². The Morgan fingerprint density at radius 3 is 2.62 bits per heavy atom. The highest BCUT2D eigenvalue weighted by Crippen LogP contribution is 2.21. The van der Waals surface area contributed by atoms with Gasteiger partial charge in [-0.25, -0.2) is 9.78 Å². The van der Waals surface area contributed by atoms with Crippen LogP contribution in [0, 0.1) is 0 Å². The van der Waals surface area contributed by atoms with Crippen LogP contribution in [-0.2, 0) is 14.3 Å². The third-order valence-electron chi connectivity index (χ3n) is 0.941. The average molecular weight is 223 g/mol. The summed E-state index contributed by atoms with van der Waals surface area (Å²) in [6.07, 6.45) is -0.412. The molecule has 0 aliphatic heterocycles. The standard InChI is InChI=1S/C4H5N3O4S2/c5-3-7-1-2(12-3)13(9,10)11-4(6)8/h1H,(H2,5,7)(H2,6,8). The van der Waals surface area contributed by atoms with E-state index < -0.39 is 16.2 Å². The predicted molar refractivity (Wildman–Crippen MR) is 44.4 cm³/mol. The van der Waals surface area contributed by atoms with Crippen LogP contribution in [0.15, 0.2) is 10.4 Å². The molecule has 0 saturated heterocycles. The van der Waals surface area contributed by atoms with E-state index >= 15 is 0 Å². The van der Waals surface area contributed by atoms with Gasteiger partial charge in [0.2, 0.25) is 0 Å². The van der Waals surface area contributed by atoms with E-state index in [4.69, 9.17) is 5.73 Å². The largest absolute Gasteiger partial charge is 0.420 e. The Balaban J connectivity index is 3.01. The number of carbonyl (C=O) groups excluding carboxylic acids is 1. The molecule has 1 aromatic heterocycles. The lowest BCUT2D eigenvalue weighted by molar-refractivity contribution is 0.213. The van der Waals surface area contributed by atoms with E-state index in [-0.39, 0.29) is 9.34 Å². The van der Waals surface area contributed by atoms with Gasteiger partial charge in [-0.15, -0.1) is 0 Å². The maximum Gasteiger partial charge on any atom is 0.420 e. The second-order valence-corrected chi connectivity index (χ2v) is 4.71. The van der Waals surface area contributed by atoms with Crippen molar-refractivity contribution in [2.75, 3.05) is 5.73 Å². The summed E-state index contributed by atoms with van der Waals surface area (Å²) in [5.74, 6) is 0. The highest BCUT2D eigenvalue weighted by atomic mass is 32.3. The van der Waals surface area contributed by atoms with Crippen molar-refractivity contribution in [3.63, 3.8) is 0 Å². The summed E-state index contributed by atoms with van der Waals surface area (Å²) >= 11 is 0.683. The summed E-state index contributed by atoms with van der Waals surface area (Å²) in [6.45, 7) is 0. The van der Waals surface area contributed by atoms with Gasteiger partial charge in [0, 0.05) is 0 Å². The van der Waals surface area contributed by atoms with Crippen LogP contribution in [0.5, 0.6) is 0 Å². The summed E-state index contributed by atoms with van der Waals surface area (Å²) in [6, 6.07) is 0. The molecule has 1 amide bonds. The predicted octanol–water partition coefficient (Wildman–Crippen LogP) is -0.491. The molecule has 0 spiro atoms. The van der Waals surface area contributed by atoms with Crippen LogP contribution >= 0.6 is 11.3 Å². The van der Waals surface area contributed by atoms with Gasteiger partial charge >= 0.3 is 16.2 Å². The van der Waals surface area contributed by atoms with Crippen LogP contribution in [0.25, 0.3) is 0 Å². The van der Waals surface area contributed by atoms with Gasteiger partial charge in [0.25, 0.3) is 0 Å². The Kier molecular flexibility index (Phi) is 2.38. The Bertz CT molecular complexity index is 422. The SMILES string of the molecule is NC(=O)OS(=O)(=O)c1cnc(N)s1. The van der Waals surface area contributed by atoms with Gasteiger partial charge < -0.3 is 15.7 Å². The Morgan fingerprint density at radius 2 is 2.23 bits per heavy atom. The zero-order chi connectivity index (χ0) is 10.1. The molecule has 1 rings (SSSR count). The first-order valence-electron chi connectivity index (χ1n) is 2.87. The van der Waals surface area contributed by atoms with Crippen LogP contribution in [0.1, 0.15) is 0 Å². The minimum atomic E-state index is -4.14. The van der Waals surface area contributed by atoms with Gasteiger partial charge in [0.1, 0.15) is 0 Å². The lowest BCUT2D eigenvalue weighted by Gasteiger charge is -1.97. The zero-order valence-electron chi connectivity index (χ0n) is 6.13. The number of anilines is 1. The van der Waals surface area contributed by atoms with E-state index in [1.807, 2.05) is 0 Å². The number of carbonyl (C=O) groups is 1. The molecule has 0 aliphatic rings. The van der Waals surface area contributed by atoms with Gasteiger partial charge in [-0.3, -0.25) is 0 Å². The van der Waals surface area contributed by atoms with Gasteiger partial charge in [-0.05, 0) is 0 Å². The number of rotatable bonds is 2. The first-order valence-corrected chi connectivity index (χ1v) is 5.09. The fraction of sp³-hybridized carbons (Fsp3) is 0. The average Bonchev–Trinajstić information content (AvgIpc) is 2.32. The van der Waals surface area contributed by atoms with Crippen LogP contribution in [0.3, 0.4) is 0 Å². The molecule has 0 fully saturated rings. The van der Waals surface area contributed by atoms with Crippen molar-refractivity contribution in [1.82, 2.24) is 4.98 Å². The number of amides is 1. The molecule has 0 atom stereocenters. The van der Waals surface area contributed by atoms with Crippen molar-refractivity contribution in [3.05, 3.63) is 6.20 Å². The summed E-state index contributed by atoms with van der Waals surface area (Å²) in [5.41, 5.74) is 9.71. The van der Waals surface area contributed by atoms with E-state index in [0.29, 0.717) is 11.3 Å². The fourth-order valence-corrected chi connectivity index (χ4v) is 2.20. The van der Waals surface area contributed by atoms with Gasteiger partial charge in [0.15, 0.2) is 9.34 Å². The minimum Gasteiger partial charge on any atom is -0.375 e. The number of thiazole rings is 1. The molecule has 0 radical (unpaired) electrons. The van der Waals surface area contributed by atoms with Crippen molar-refractivity contribution in [2.45, 2.75) is 4.21 Å². The number of nitrogen functional groups attached to an aromatic ring is 1. The fourth-order valence-electron chi connectivity index (χ4n) is 0.537. The summed E-state index contributed by atoms with van der Waals surface area (Å²) < 4.78 is 25.7. The number of hydrogen-bond donors (Lipinski definition) is 2. The molecule has 0 aromatic carbocycles. The summed E-state index contributed by atoms with van der Waals surface area (Å²) in [5, 5.41) is 0.0617. The highest BCUT2D eigenvalue weighted by Gasteiger charge is 2.21. The van der Waals surface area contributed by atoms with Gasteiger partial charge in [-0.2, -0.15) is 8.42 Å². The molecule has 0 bridgehead atoms. The molecule has 0 saturated carbocycles. The van der Waals surface area contributed by atoms with E-state index in [9.17, 15) is 13.2 Å². The number of aromatic nitrogens is 1. The molecule has 1 heterocycles. The Morgan fingerprint density at radius 1 is 1.62 bits per heavy atom. The lowest BCUT2D eigenvalue weighted by Crippen LogP contribution is -2.18. The normalized spacial score (nSPS) is 11.1. The quantitative estimate of drug-likeness (QED) is 0.651. The van der Waals surface area contributed by atoms with E-state index in [2.05, 4.69) is 14.9 Å². The Labute approximate surface area is 77.4 Å². The molecule has 9 heteroatoms. The topological polar surface area (TPSA) is 125 Å². The van der Waals surface area contributed by atoms with Crippen molar-refractivity contribution in [2.24, 2.45) is 5.73 Å². The van der Waals surface area contributed by atoms with Crippen LogP contribution in [-0.4, -0.2) is 19.5 Å². The molecule has 0 aliphatic carbocycles. The third-order valence-corrected chi connectivity index (χ3v) is 3.41. The third kappa shape index (κ3) is 2.29. The van der Waals surface area contributed by atoms with Crippen LogP contribution in [0.4, 0.5) is 9.93 Å². The smallest absolute Gasteiger partial charge is 0.375 e. The first kappa shape index (κ1) is 9.74. The lowest BCUT2D eigenvalue weighted by atomic mass is 11.0. The number of primary amides is 1. The van der Waals surface area contributed by atoms with Gasteiger partial charge in [0.05, 0.1) is 6.20 Å². The molecular weight excluding hydrogens is 218 g/mol. The zero-order valence-corrected chi connectivity index (χ0v) is 7.76. The van der Waals surface area contributed by atoms with Crippen molar-refractivity contribution < 1.29 is 17.4 Å². The van der Waals surface area contributed by atoms with Crippen molar-refractivity contribution in [1.29, 1.82) is 0 Å². The van der Waals surface area contributed by atoms with Crippen LogP contribution in [0.2, 0.25) is 0 Å². The van der Waals surface area contributed by atoms with E-state index in [1.165, 1.54) is 0 Å². The molecule has 4 N–H and O–H groups in total. The second kappa shape index (κ2) is 3.18. The number of nitrogens with two attached hydrogens (primary N) is 2. The number of nitrogens with zero attached hydrogens (tertiary/aromatic N) is 1. The minimum absolute atomic E-state index is 0.0617. The van der Waals surface area contributed by atoms with Gasteiger partial charge in [-0.1, -0.05) is 11.3 Å².